The summed E-state index contributed by atoms with van der Waals surface area (Å²) in [6.07, 6.45) is 0. The van der Waals surface area contributed by atoms with E-state index in [4.69, 9.17) is 0 Å². The van der Waals surface area contributed by atoms with Gasteiger partial charge in [0.25, 0.3) is 0 Å². The molecule has 0 radical (unpaired) electrons. The molecule has 0 atom stereocenters. The molecule has 3 aliphatic heterocycles. The van der Waals surface area contributed by atoms with Crippen molar-refractivity contribution in [3.05, 3.63) is 253 Å². The van der Waals surface area contributed by atoms with Crippen LogP contribution in [0.1, 0.15) is 49.9 Å². The molecule has 11 aromatic carbocycles. The average molecular weight is 925 g/mol. The van der Waals surface area contributed by atoms with E-state index in [1.165, 1.54) is 132 Å². The summed E-state index contributed by atoms with van der Waals surface area (Å²) >= 11 is 0. The number of para-hydroxylation sites is 4. The molecule has 0 aromatic heterocycles. The van der Waals surface area contributed by atoms with Crippen molar-refractivity contribution in [1.82, 2.24) is 0 Å². The lowest BCUT2D eigenvalue weighted by atomic mass is 9.73. The Bertz CT molecular complexity index is 3790. The summed E-state index contributed by atoms with van der Waals surface area (Å²) in [6.45, 7) is 9.48. The molecule has 0 fully saturated rings. The van der Waals surface area contributed by atoms with Crippen LogP contribution in [0.15, 0.2) is 231 Å². The topological polar surface area (TPSA) is 24.1 Å². The van der Waals surface area contributed by atoms with Gasteiger partial charge >= 0.3 is 0 Å². The fourth-order valence-electron chi connectivity index (χ4n) is 13.3. The first-order valence-corrected chi connectivity index (χ1v) is 27.1. The van der Waals surface area contributed by atoms with Crippen LogP contribution in [0.4, 0.5) is 22.7 Å². The van der Waals surface area contributed by atoms with Crippen molar-refractivity contribution in [3.8, 4) is 44.5 Å². The van der Waals surface area contributed by atoms with Gasteiger partial charge in [0.2, 0.25) is 0 Å². The van der Waals surface area contributed by atoms with Crippen molar-refractivity contribution in [1.29, 1.82) is 0 Å². The molecule has 0 bridgehead atoms. The zero-order valence-corrected chi connectivity index (χ0v) is 41.4. The highest BCUT2D eigenvalue weighted by atomic mass is 28.3. The van der Waals surface area contributed by atoms with Gasteiger partial charge in [-0.2, -0.15) is 0 Å². The van der Waals surface area contributed by atoms with Gasteiger partial charge < -0.3 is 10.6 Å². The lowest BCUT2D eigenvalue weighted by Crippen LogP contribution is -2.73. The van der Waals surface area contributed by atoms with Crippen LogP contribution in [-0.2, 0) is 10.8 Å². The first kappa shape index (κ1) is 41.7. The van der Waals surface area contributed by atoms with E-state index in [1.54, 1.807) is 0 Å². The molecule has 338 valence electrons. The minimum atomic E-state index is -2.94. The highest BCUT2D eigenvalue weighted by molar-refractivity contribution is 7.22. The molecule has 3 heteroatoms. The molecule has 0 saturated carbocycles. The SMILES string of the molecule is CC1(C)c2ccccc2Nc2c(-c3cccc4c(-c5cccc6c5[Si](c5ccccc5)(c5ccccc5)c5ccccc5-6)c5cccc(-c6cccc7c6Nc6ccccc6C7(C)C)c5cc34)cccc21. The highest BCUT2D eigenvalue weighted by Gasteiger charge is 2.50. The standard InChI is InChI=1S/C68H52N2Si/c1-67(2)56-35-12-14-39-60(56)69-64-50(31-20-37-58(64)67)45-27-17-29-48-54(45)42-55-46(51-32-21-38-59-65(51)70-61-40-15-13-36-57(61)68(59,3)4)28-18-30-49(55)63(48)53-34-19-33-52-47-26-11-16-41-62(47)71(66(52)53,43-22-7-5-8-23-43)44-24-9-6-10-25-44/h5-42,69-70H,1-4H3. The lowest BCUT2D eigenvalue weighted by Gasteiger charge is -2.37. The molecule has 11 aromatic rings. The number of hydrogen-bond acceptors (Lipinski definition) is 2. The summed E-state index contributed by atoms with van der Waals surface area (Å²) in [4.78, 5) is 0. The van der Waals surface area contributed by atoms with E-state index >= 15 is 0 Å². The van der Waals surface area contributed by atoms with Crippen molar-refractivity contribution in [3.63, 3.8) is 0 Å². The quantitative estimate of drug-likeness (QED) is 0.133. The predicted molar refractivity (Wildman–Crippen MR) is 304 cm³/mol. The summed E-state index contributed by atoms with van der Waals surface area (Å²) in [6, 6.07) is 87.4. The number of benzene rings is 11. The maximum atomic E-state index is 3.99. The van der Waals surface area contributed by atoms with E-state index in [0.717, 1.165) is 0 Å². The van der Waals surface area contributed by atoms with Crippen molar-refractivity contribution >= 4 is 73.1 Å². The van der Waals surface area contributed by atoms with Gasteiger partial charge in [0.05, 0.1) is 11.4 Å². The summed E-state index contributed by atoms with van der Waals surface area (Å²) < 4.78 is 0. The van der Waals surface area contributed by atoms with E-state index in [2.05, 4.69) is 269 Å². The molecule has 0 spiro atoms. The van der Waals surface area contributed by atoms with E-state index in [-0.39, 0.29) is 10.8 Å². The van der Waals surface area contributed by atoms with E-state index in [9.17, 15) is 0 Å². The largest absolute Gasteiger partial charge is 0.355 e. The van der Waals surface area contributed by atoms with Gasteiger partial charge in [0.15, 0.2) is 8.07 Å². The van der Waals surface area contributed by atoms with E-state index in [1.807, 2.05) is 0 Å². The van der Waals surface area contributed by atoms with Crippen molar-refractivity contribution in [2.24, 2.45) is 0 Å². The molecule has 2 N–H and O–H groups in total. The molecular weight excluding hydrogens is 873 g/mol. The Morgan fingerprint density at radius 1 is 0.310 bits per heavy atom. The predicted octanol–water partition coefficient (Wildman–Crippen LogP) is 15.1. The Kier molecular flexibility index (Phi) is 9.03. The number of anilines is 4. The molecular formula is C68H52N2Si. The number of hydrogen-bond donors (Lipinski definition) is 2. The summed E-state index contributed by atoms with van der Waals surface area (Å²) in [5.74, 6) is 0. The normalized spacial score (nSPS) is 15.0. The van der Waals surface area contributed by atoms with Crippen molar-refractivity contribution in [2.45, 2.75) is 38.5 Å². The molecule has 3 aliphatic rings. The second kappa shape index (κ2) is 15.4. The van der Waals surface area contributed by atoms with Gasteiger partial charge in [-0.25, -0.2) is 0 Å². The maximum Gasteiger partial charge on any atom is 0.181 e. The first-order chi connectivity index (χ1) is 34.8. The lowest BCUT2D eigenvalue weighted by molar-refractivity contribution is 0.638. The molecule has 0 aliphatic carbocycles. The Labute approximate surface area is 417 Å². The Balaban J connectivity index is 1.12. The second-order valence-electron chi connectivity index (χ2n) is 20.9. The van der Waals surface area contributed by atoms with Crippen LogP contribution in [0.25, 0.3) is 66.1 Å². The zero-order valence-electron chi connectivity index (χ0n) is 40.4. The van der Waals surface area contributed by atoms with Crippen LogP contribution >= 0.6 is 0 Å². The van der Waals surface area contributed by atoms with Crippen LogP contribution in [0, 0.1) is 0 Å². The molecule has 0 unspecified atom stereocenters. The van der Waals surface area contributed by atoms with Gasteiger partial charge in [-0.3, -0.25) is 0 Å². The maximum absolute atomic E-state index is 3.99. The monoisotopic (exact) mass is 924 g/mol. The summed E-state index contributed by atoms with van der Waals surface area (Å²) in [7, 11) is -2.94. The number of nitrogens with one attached hydrogen (secondary N) is 2. The van der Waals surface area contributed by atoms with Gasteiger partial charge in [-0.1, -0.05) is 240 Å². The first-order valence-electron chi connectivity index (χ1n) is 25.1. The number of fused-ring (bicyclic) bond motifs is 9. The average Bonchev–Trinajstić information content (AvgIpc) is 3.72. The van der Waals surface area contributed by atoms with E-state index < -0.39 is 8.07 Å². The van der Waals surface area contributed by atoms with Crippen molar-refractivity contribution < 1.29 is 0 Å². The van der Waals surface area contributed by atoms with Gasteiger partial charge in [0.1, 0.15) is 0 Å². The minimum Gasteiger partial charge on any atom is -0.355 e. The smallest absolute Gasteiger partial charge is 0.181 e. The molecule has 14 rings (SSSR count). The third-order valence-electron chi connectivity index (χ3n) is 16.6. The van der Waals surface area contributed by atoms with Gasteiger partial charge in [0, 0.05) is 33.3 Å². The van der Waals surface area contributed by atoms with Gasteiger partial charge in [-0.15, -0.1) is 0 Å². The number of rotatable bonds is 5. The fraction of sp³-hybridized carbons (Fsp3) is 0.0882. The van der Waals surface area contributed by atoms with Crippen LogP contribution < -0.4 is 31.4 Å². The Morgan fingerprint density at radius 2 is 0.704 bits per heavy atom. The Hall–Kier alpha value is -8.24. The minimum absolute atomic E-state index is 0.197. The zero-order chi connectivity index (χ0) is 47.6. The fourth-order valence-corrected chi connectivity index (χ4v) is 18.7. The highest BCUT2D eigenvalue weighted by Crippen LogP contribution is 2.53. The van der Waals surface area contributed by atoms with Crippen LogP contribution in [0.5, 0.6) is 0 Å². The summed E-state index contributed by atoms with van der Waals surface area (Å²) in [5.41, 5.74) is 19.6. The Morgan fingerprint density at radius 3 is 1.25 bits per heavy atom. The molecule has 0 saturated heterocycles. The van der Waals surface area contributed by atoms with E-state index in [0.29, 0.717) is 0 Å². The molecule has 71 heavy (non-hydrogen) atoms. The van der Waals surface area contributed by atoms with Crippen LogP contribution in [0.3, 0.4) is 0 Å². The van der Waals surface area contributed by atoms with Gasteiger partial charge in [-0.05, 0) is 116 Å². The molecule has 3 heterocycles. The summed E-state index contributed by atoms with van der Waals surface area (Å²) in [5, 5.41) is 18.6. The van der Waals surface area contributed by atoms with Crippen LogP contribution in [0.2, 0.25) is 0 Å². The second-order valence-corrected chi connectivity index (χ2v) is 24.5. The third-order valence-corrected chi connectivity index (χ3v) is 21.5. The molecule has 2 nitrogen and oxygen atoms in total. The molecule has 0 amide bonds. The third kappa shape index (κ3) is 5.81. The van der Waals surface area contributed by atoms with Crippen molar-refractivity contribution in [2.75, 3.05) is 10.6 Å². The van der Waals surface area contributed by atoms with Crippen LogP contribution in [-0.4, -0.2) is 8.07 Å².